The van der Waals surface area contributed by atoms with Crippen LogP contribution < -0.4 is 10.6 Å². The zero-order valence-electron chi connectivity index (χ0n) is 17.7. The smallest absolute Gasteiger partial charge is 0.313 e. The number of carboxylic acid groups (broad SMARTS) is 1. The molecule has 186 valence electrons. The topological polar surface area (TPSA) is 176 Å². The molecule has 3 N–H and O–H groups in total. The number of nitrogens with one attached hydrogen (secondary N) is 2. The Morgan fingerprint density at radius 2 is 2.31 bits per heavy atom. The molecule has 2 aromatic heterocycles. The minimum absolute atomic E-state index is 0.00860. The van der Waals surface area contributed by atoms with E-state index in [1.165, 1.54) is 46.9 Å². The third kappa shape index (κ3) is 5.09. The summed E-state index contributed by atoms with van der Waals surface area (Å²) in [4.78, 5) is 58.9. The van der Waals surface area contributed by atoms with Crippen molar-refractivity contribution in [2.75, 3.05) is 30.5 Å². The van der Waals surface area contributed by atoms with Crippen molar-refractivity contribution in [2.24, 2.45) is 10.6 Å². The van der Waals surface area contributed by atoms with Gasteiger partial charge in [-0.3, -0.25) is 19.2 Å². The number of amides is 3. The zero-order valence-corrected chi connectivity index (χ0v) is 21.7. The van der Waals surface area contributed by atoms with Gasteiger partial charge in [-0.1, -0.05) is 51.2 Å². The Labute approximate surface area is 219 Å². The molecule has 0 aromatic carbocycles. The number of rotatable bonds is 10. The Bertz CT molecular complexity index is 1180. The SMILES string of the molecule is CON=C(C(=O)NC1C(=O)N2CC(CSc3nncs3)(C(=O)O)CS[C@H]12)c1nc(NC=O)sc1Cl. The first-order valence-corrected chi connectivity index (χ1v) is 13.7. The van der Waals surface area contributed by atoms with Gasteiger partial charge in [0.1, 0.15) is 39.5 Å². The maximum absolute atomic E-state index is 13.0. The molecule has 18 heteroatoms. The molecule has 13 nitrogen and oxygen atoms in total. The van der Waals surface area contributed by atoms with Crippen LogP contribution in [0.5, 0.6) is 0 Å². The van der Waals surface area contributed by atoms with Gasteiger partial charge in [-0.25, -0.2) is 4.98 Å². The van der Waals surface area contributed by atoms with Crippen molar-refractivity contribution in [1.82, 2.24) is 25.4 Å². The Morgan fingerprint density at radius 3 is 2.97 bits per heavy atom. The van der Waals surface area contributed by atoms with Crippen LogP contribution in [0.25, 0.3) is 0 Å². The summed E-state index contributed by atoms with van der Waals surface area (Å²) in [5, 5.41) is 26.0. The molecule has 0 aliphatic carbocycles. The zero-order chi connectivity index (χ0) is 25.2. The maximum atomic E-state index is 13.0. The molecule has 2 unspecified atom stereocenters. The van der Waals surface area contributed by atoms with Crippen molar-refractivity contribution in [1.29, 1.82) is 0 Å². The van der Waals surface area contributed by atoms with Gasteiger partial charge in [0, 0.05) is 18.1 Å². The second-order valence-electron chi connectivity index (χ2n) is 7.22. The summed E-state index contributed by atoms with van der Waals surface area (Å²) in [5.41, 5.74) is 0.112. The molecular formula is C17H16ClN7O6S4. The second kappa shape index (κ2) is 10.7. The number of fused-ring (bicyclic) bond motifs is 1. The number of β-lactam (4-membered cyclic amide) rings is 1. The molecule has 2 aliphatic rings. The number of oxime groups is 1. The number of aromatic nitrogens is 3. The largest absolute Gasteiger partial charge is 0.481 e. The fraction of sp³-hybridized carbons (Fsp3) is 0.412. The molecule has 2 aromatic rings. The minimum atomic E-state index is -1.17. The lowest BCUT2D eigenvalue weighted by atomic mass is 9.89. The van der Waals surface area contributed by atoms with Crippen LogP contribution in [0.1, 0.15) is 5.69 Å². The molecule has 35 heavy (non-hydrogen) atoms. The van der Waals surface area contributed by atoms with E-state index in [-0.39, 0.29) is 38.9 Å². The molecule has 2 fully saturated rings. The fourth-order valence-corrected chi connectivity index (χ4v) is 7.74. The molecule has 2 saturated heterocycles. The first-order chi connectivity index (χ1) is 16.8. The molecule has 4 heterocycles. The predicted molar refractivity (Wildman–Crippen MR) is 131 cm³/mol. The average molecular weight is 578 g/mol. The van der Waals surface area contributed by atoms with Crippen molar-refractivity contribution >= 4 is 92.8 Å². The molecular weight excluding hydrogens is 562 g/mol. The molecule has 3 atom stereocenters. The Balaban J connectivity index is 1.44. The predicted octanol–water partition coefficient (Wildman–Crippen LogP) is 0.830. The molecule has 2 aliphatic heterocycles. The first kappa shape index (κ1) is 25.6. The van der Waals surface area contributed by atoms with E-state index in [2.05, 4.69) is 31.0 Å². The first-order valence-electron chi connectivity index (χ1n) is 9.63. The maximum Gasteiger partial charge on any atom is 0.313 e. The summed E-state index contributed by atoms with van der Waals surface area (Å²) < 4.78 is 0.739. The number of anilines is 1. The number of carbonyl (C=O) groups excluding carboxylic acids is 3. The normalized spacial score (nSPS) is 23.8. The quantitative estimate of drug-likeness (QED) is 0.120. The van der Waals surface area contributed by atoms with Crippen LogP contribution in [0.15, 0.2) is 15.0 Å². The average Bonchev–Trinajstić information content (AvgIpc) is 3.49. The number of nitrogens with zero attached hydrogens (tertiary/aromatic N) is 5. The molecule has 0 spiro atoms. The third-order valence-corrected chi connectivity index (χ3v) is 10.0. The van der Waals surface area contributed by atoms with Gasteiger partial charge in [-0.05, 0) is 0 Å². The molecule has 0 radical (unpaired) electrons. The van der Waals surface area contributed by atoms with Gasteiger partial charge in [0.2, 0.25) is 12.3 Å². The van der Waals surface area contributed by atoms with Crippen LogP contribution in [0.2, 0.25) is 4.34 Å². The summed E-state index contributed by atoms with van der Waals surface area (Å²) in [6.45, 7) is 0.00860. The second-order valence-corrected chi connectivity index (χ2v) is 12.0. The minimum Gasteiger partial charge on any atom is -0.481 e. The van der Waals surface area contributed by atoms with Crippen LogP contribution in [0.3, 0.4) is 0 Å². The highest BCUT2D eigenvalue weighted by Gasteiger charge is 2.57. The molecule has 0 saturated carbocycles. The van der Waals surface area contributed by atoms with Crippen molar-refractivity contribution in [3.63, 3.8) is 0 Å². The van der Waals surface area contributed by atoms with Crippen molar-refractivity contribution in [3.8, 4) is 0 Å². The standard InChI is InChI=1S/C17H16ClN7O6S4/c1-31-24-8(7-10(18)35-15(22-7)19-5-26)11(27)21-9-12(28)25-2-17(14(29)30,3-32-13(9)25)4-33-16-23-20-6-34-16/h5-6,9,13H,2-4H2,1H3,(H,21,27)(H,29,30)(H,19,22,26)/t9?,13-,17?/m1/s1. The number of aliphatic carboxylic acids is 1. The van der Waals surface area contributed by atoms with Crippen LogP contribution in [0.4, 0.5) is 5.13 Å². The number of carboxylic acids is 1. The van der Waals surface area contributed by atoms with Crippen LogP contribution in [0, 0.1) is 5.41 Å². The van der Waals surface area contributed by atoms with E-state index >= 15 is 0 Å². The van der Waals surface area contributed by atoms with E-state index in [1.807, 2.05) is 0 Å². The number of thioether (sulfide) groups is 2. The van der Waals surface area contributed by atoms with E-state index in [0.717, 1.165) is 11.3 Å². The van der Waals surface area contributed by atoms with Gasteiger partial charge in [-0.15, -0.1) is 22.0 Å². The van der Waals surface area contributed by atoms with Crippen molar-refractivity contribution in [2.45, 2.75) is 15.8 Å². The Morgan fingerprint density at radius 1 is 1.51 bits per heavy atom. The lowest BCUT2D eigenvalue weighted by molar-refractivity contribution is -0.157. The van der Waals surface area contributed by atoms with Crippen molar-refractivity contribution < 1.29 is 29.1 Å². The summed E-state index contributed by atoms with van der Waals surface area (Å²) in [5.74, 6) is -1.70. The van der Waals surface area contributed by atoms with E-state index in [4.69, 9.17) is 16.4 Å². The van der Waals surface area contributed by atoms with Gasteiger partial charge in [0.15, 0.2) is 15.2 Å². The third-order valence-electron chi connectivity index (χ3n) is 5.09. The monoisotopic (exact) mass is 577 g/mol. The molecule has 0 bridgehead atoms. The Hall–Kier alpha value is -2.47. The number of hydrogen-bond acceptors (Lipinski definition) is 13. The van der Waals surface area contributed by atoms with Crippen LogP contribution in [-0.2, 0) is 24.0 Å². The summed E-state index contributed by atoms with van der Waals surface area (Å²) in [6, 6.07) is -0.887. The molecule has 3 amide bonds. The fourth-order valence-electron chi connectivity index (χ4n) is 3.38. The summed E-state index contributed by atoms with van der Waals surface area (Å²) in [6.07, 6.45) is 0.414. The lowest BCUT2D eigenvalue weighted by Gasteiger charge is -2.53. The van der Waals surface area contributed by atoms with E-state index in [9.17, 15) is 24.3 Å². The van der Waals surface area contributed by atoms with E-state index < -0.39 is 34.6 Å². The highest BCUT2D eigenvalue weighted by Crippen LogP contribution is 2.44. The molecule has 4 rings (SSSR count). The number of halogens is 1. The van der Waals surface area contributed by atoms with Gasteiger partial charge in [-0.2, -0.15) is 0 Å². The lowest BCUT2D eigenvalue weighted by Crippen LogP contribution is -2.74. The van der Waals surface area contributed by atoms with Gasteiger partial charge in [0.05, 0.1) is 0 Å². The number of hydrogen-bond donors (Lipinski definition) is 3. The number of thiazole rings is 1. The van der Waals surface area contributed by atoms with E-state index in [1.54, 1.807) is 5.51 Å². The number of carbonyl (C=O) groups is 4. The Kier molecular flexibility index (Phi) is 7.80. The van der Waals surface area contributed by atoms with Gasteiger partial charge < -0.3 is 25.5 Å². The van der Waals surface area contributed by atoms with E-state index in [0.29, 0.717) is 10.7 Å². The van der Waals surface area contributed by atoms with Gasteiger partial charge in [0.25, 0.3) is 5.91 Å². The van der Waals surface area contributed by atoms with Crippen molar-refractivity contribution in [3.05, 3.63) is 15.5 Å². The van der Waals surface area contributed by atoms with Gasteiger partial charge >= 0.3 is 5.97 Å². The van der Waals surface area contributed by atoms with Crippen LogP contribution >= 0.6 is 57.8 Å². The van der Waals surface area contributed by atoms with Crippen LogP contribution in [-0.4, -0.2) is 91.7 Å². The summed E-state index contributed by atoms with van der Waals surface area (Å²) >= 11 is 10.9. The highest BCUT2D eigenvalue weighted by molar-refractivity contribution is 8.01. The highest BCUT2D eigenvalue weighted by atomic mass is 35.5. The summed E-state index contributed by atoms with van der Waals surface area (Å²) in [7, 11) is 1.23.